The summed E-state index contributed by atoms with van der Waals surface area (Å²) in [5, 5.41) is 14.2. The molecule has 0 saturated heterocycles. The molecule has 0 aliphatic heterocycles. The van der Waals surface area contributed by atoms with Crippen molar-refractivity contribution in [3.63, 3.8) is 0 Å². The summed E-state index contributed by atoms with van der Waals surface area (Å²) in [6, 6.07) is 0.445. The lowest BCUT2D eigenvalue weighted by molar-refractivity contribution is -0.386. The van der Waals surface area contributed by atoms with Crippen molar-refractivity contribution in [2.45, 2.75) is 11.4 Å². The molecule has 0 amide bonds. The molecular weight excluding hydrogens is 410 g/mol. The van der Waals surface area contributed by atoms with E-state index in [1.807, 2.05) is 0 Å². The van der Waals surface area contributed by atoms with Gasteiger partial charge in [0, 0.05) is 0 Å². The molecule has 0 atom stereocenters. The number of ether oxygens (including phenoxy) is 1. The number of alkyl halides is 3. The summed E-state index contributed by atoms with van der Waals surface area (Å²) in [6.07, 6.45) is -5.18. The number of hydrogen-bond acceptors (Lipinski definition) is 6. The van der Waals surface area contributed by atoms with Gasteiger partial charge < -0.3 is 4.74 Å². The van der Waals surface area contributed by atoms with Crippen LogP contribution in [0.15, 0.2) is 11.1 Å². The van der Waals surface area contributed by atoms with Gasteiger partial charge in [0.15, 0.2) is 8.60 Å². The molecule has 0 aromatic carbocycles. The number of rotatable bonds is 3. The van der Waals surface area contributed by atoms with E-state index in [4.69, 9.17) is 0 Å². The minimum atomic E-state index is -5.18. The van der Waals surface area contributed by atoms with Crippen molar-refractivity contribution in [2.24, 2.45) is 5.14 Å². The number of primary sulfonamides is 1. The Kier molecular flexibility index (Phi) is 4.20. The van der Waals surface area contributed by atoms with Crippen molar-refractivity contribution in [1.29, 1.82) is 0 Å². The van der Waals surface area contributed by atoms with Gasteiger partial charge in [-0.05, 0) is 22.6 Å². The number of sulfonamides is 1. The fraction of sp³-hybridized carbons (Fsp3) is 0.167. The van der Waals surface area contributed by atoms with E-state index < -0.39 is 41.5 Å². The van der Waals surface area contributed by atoms with Crippen LogP contribution < -0.4 is 9.88 Å². The molecule has 0 saturated carbocycles. The van der Waals surface area contributed by atoms with Crippen molar-refractivity contribution in [3.8, 4) is 5.88 Å². The maximum atomic E-state index is 12.1. The average molecular weight is 413 g/mol. The Hall–Kier alpha value is -1.22. The number of pyridine rings is 1. The lowest BCUT2D eigenvalue weighted by Gasteiger charge is -2.10. The fourth-order valence-corrected chi connectivity index (χ4v) is 2.00. The molecule has 0 aliphatic carbocycles. The predicted molar refractivity (Wildman–Crippen MR) is 61.7 cm³/mol. The molecule has 19 heavy (non-hydrogen) atoms. The first-order chi connectivity index (χ1) is 8.42. The van der Waals surface area contributed by atoms with Crippen molar-refractivity contribution < 1.29 is 31.2 Å². The summed E-state index contributed by atoms with van der Waals surface area (Å²) in [7, 11) is -4.52. The molecule has 13 heteroatoms. The molecular formula is C6H3F3IN3O5S. The monoisotopic (exact) mass is 413 g/mol. The van der Waals surface area contributed by atoms with E-state index in [1.165, 1.54) is 22.6 Å². The molecule has 1 rings (SSSR count). The summed E-state index contributed by atoms with van der Waals surface area (Å²) in [5.74, 6) is -1.26. The average Bonchev–Trinajstić information content (AvgIpc) is 2.16. The van der Waals surface area contributed by atoms with E-state index >= 15 is 0 Å². The first-order valence-electron chi connectivity index (χ1n) is 4.05. The van der Waals surface area contributed by atoms with Gasteiger partial charge in [-0.15, -0.1) is 13.2 Å². The first kappa shape index (κ1) is 15.8. The van der Waals surface area contributed by atoms with Gasteiger partial charge in [0.05, 0.1) is 11.0 Å². The van der Waals surface area contributed by atoms with Gasteiger partial charge in [-0.2, -0.15) is 4.98 Å². The highest BCUT2D eigenvalue weighted by molar-refractivity contribution is 14.1. The number of nitrogens with zero attached hydrogens (tertiary/aromatic N) is 2. The van der Waals surface area contributed by atoms with Crippen LogP contribution in [0.25, 0.3) is 0 Å². The van der Waals surface area contributed by atoms with E-state index in [9.17, 15) is 31.7 Å². The third-order valence-electron chi connectivity index (χ3n) is 1.59. The molecule has 0 bridgehead atoms. The zero-order valence-electron chi connectivity index (χ0n) is 8.51. The second kappa shape index (κ2) is 5.04. The first-order valence-corrected chi connectivity index (χ1v) is 6.68. The van der Waals surface area contributed by atoms with E-state index in [0.717, 1.165) is 0 Å². The molecule has 1 aromatic heterocycles. The molecule has 0 unspecified atom stereocenters. The second-order valence-electron chi connectivity index (χ2n) is 2.95. The number of nitrogens with two attached hydrogens (primary N) is 1. The Balaban J connectivity index is 3.54. The van der Waals surface area contributed by atoms with Gasteiger partial charge in [-0.25, -0.2) is 13.6 Å². The second-order valence-corrected chi connectivity index (χ2v) is 5.54. The summed E-state index contributed by atoms with van der Waals surface area (Å²) in [6.45, 7) is 0. The Bertz CT molecular complexity index is 632. The fourth-order valence-electron chi connectivity index (χ4n) is 0.927. The molecule has 0 aliphatic rings. The third-order valence-corrected chi connectivity index (χ3v) is 3.39. The largest absolute Gasteiger partial charge is 0.574 e. The van der Waals surface area contributed by atoms with Crippen LogP contribution in [0.5, 0.6) is 5.88 Å². The van der Waals surface area contributed by atoms with Crippen LogP contribution in [0.1, 0.15) is 0 Å². The highest BCUT2D eigenvalue weighted by Crippen LogP contribution is 2.33. The molecule has 2 N–H and O–H groups in total. The smallest absolute Gasteiger partial charge is 0.386 e. The number of nitro groups is 1. The molecule has 1 heterocycles. The molecule has 0 radical (unpaired) electrons. The van der Waals surface area contributed by atoms with Gasteiger partial charge in [-0.1, -0.05) is 0 Å². The summed E-state index contributed by atoms with van der Waals surface area (Å²) in [5.41, 5.74) is -0.918. The minimum absolute atomic E-state index is 0.445. The molecule has 0 fully saturated rings. The maximum Gasteiger partial charge on any atom is 0.574 e. The quantitative estimate of drug-likeness (QED) is 0.450. The molecule has 106 valence electrons. The summed E-state index contributed by atoms with van der Waals surface area (Å²) >= 11 is 1.18. The highest BCUT2D eigenvalue weighted by atomic mass is 127. The van der Waals surface area contributed by atoms with Gasteiger partial charge in [0.2, 0.25) is 5.88 Å². The van der Waals surface area contributed by atoms with E-state index in [1.54, 1.807) is 0 Å². The van der Waals surface area contributed by atoms with Gasteiger partial charge in [-0.3, -0.25) is 10.1 Å². The Morgan fingerprint density at radius 3 is 2.37 bits per heavy atom. The SMILES string of the molecule is NS(=O)(=O)c1cc([N+](=O)[O-])c(I)c(OC(F)(F)F)n1. The van der Waals surface area contributed by atoms with E-state index in [-0.39, 0.29) is 0 Å². The minimum Gasteiger partial charge on any atom is -0.386 e. The summed E-state index contributed by atoms with van der Waals surface area (Å²) < 4.78 is 61.0. The topological polar surface area (TPSA) is 125 Å². The van der Waals surface area contributed by atoms with Crippen LogP contribution in [0.4, 0.5) is 18.9 Å². The zero-order valence-corrected chi connectivity index (χ0v) is 11.5. The third kappa shape index (κ3) is 4.13. The van der Waals surface area contributed by atoms with Crippen LogP contribution in [-0.2, 0) is 10.0 Å². The standard InChI is InChI=1S/C6H3F3IN3O5S/c7-6(8,9)18-5-4(10)2(13(14)15)1-3(12-5)19(11,16)17/h1H,(H2,11,16,17). The molecule has 8 nitrogen and oxygen atoms in total. The van der Waals surface area contributed by atoms with Crippen LogP contribution >= 0.6 is 22.6 Å². The molecule has 1 aromatic rings. The number of aromatic nitrogens is 1. The van der Waals surface area contributed by atoms with Crippen molar-refractivity contribution in [2.75, 3.05) is 0 Å². The Morgan fingerprint density at radius 2 is 2.00 bits per heavy atom. The lowest BCUT2D eigenvalue weighted by Crippen LogP contribution is -2.21. The maximum absolute atomic E-state index is 12.1. The molecule has 0 spiro atoms. The van der Waals surface area contributed by atoms with Crippen LogP contribution in [0.3, 0.4) is 0 Å². The van der Waals surface area contributed by atoms with Gasteiger partial charge in [0.1, 0.15) is 0 Å². The number of hydrogen-bond donors (Lipinski definition) is 1. The van der Waals surface area contributed by atoms with Crippen molar-refractivity contribution in [1.82, 2.24) is 4.98 Å². The van der Waals surface area contributed by atoms with Crippen molar-refractivity contribution >= 4 is 38.3 Å². The number of halogens is 4. The highest BCUT2D eigenvalue weighted by Gasteiger charge is 2.35. The Labute approximate surface area is 117 Å². The predicted octanol–water partition coefficient (Wildman–Crippen LogP) is 1.14. The van der Waals surface area contributed by atoms with Gasteiger partial charge in [0.25, 0.3) is 15.7 Å². The zero-order chi connectivity index (χ0) is 15.0. The van der Waals surface area contributed by atoms with E-state index in [0.29, 0.717) is 6.07 Å². The summed E-state index contributed by atoms with van der Waals surface area (Å²) in [4.78, 5) is 12.5. The Morgan fingerprint density at radius 1 is 1.47 bits per heavy atom. The van der Waals surface area contributed by atoms with Crippen LogP contribution in [0.2, 0.25) is 0 Å². The van der Waals surface area contributed by atoms with Gasteiger partial charge >= 0.3 is 6.36 Å². The van der Waals surface area contributed by atoms with E-state index in [2.05, 4.69) is 14.9 Å². The van der Waals surface area contributed by atoms with Crippen LogP contribution in [-0.4, -0.2) is 24.7 Å². The van der Waals surface area contributed by atoms with Crippen LogP contribution in [0, 0.1) is 13.7 Å². The normalized spacial score (nSPS) is 12.3. The lowest BCUT2D eigenvalue weighted by atomic mass is 10.4. The van der Waals surface area contributed by atoms with Crippen molar-refractivity contribution in [3.05, 3.63) is 19.8 Å².